The summed E-state index contributed by atoms with van der Waals surface area (Å²) >= 11 is 6.13. The van der Waals surface area contributed by atoms with Gasteiger partial charge in [0, 0.05) is 25.9 Å². The Morgan fingerprint density at radius 1 is 0.962 bits per heavy atom. The summed E-state index contributed by atoms with van der Waals surface area (Å²) in [7, 11) is -3.53. The van der Waals surface area contributed by atoms with Crippen molar-refractivity contribution in [2.75, 3.05) is 18.4 Å². The van der Waals surface area contributed by atoms with Gasteiger partial charge in [0.1, 0.15) is 5.66 Å². The number of fused-ring (bicyclic) bond motifs is 1. The van der Waals surface area contributed by atoms with E-state index in [0.29, 0.717) is 42.2 Å². The van der Waals surface area contributed by atoms with E-state index >= 15 is 0 Å². The van der Waals surface area contributed by atoms with Crippen LogP contribution in [-0.4, -0.2) is 37.4 Å². The summed E-state index contributed by atoms with van der Waals surface area (Å²) in [6, 6.07) is 13.7. The number of anilines is 1. The maximum atomic E-state index is 12.8. The van der Waals surface area contributed by atoms with Crippen molar-refractivity contribution in [2.45, 2.75) is 23.4 Å². The second-order valence-electron chi connectivity index (χ2n) is 6.54. The van der Waals surface area contributed by atoms with Gasteiger partial charge in [-0.25, -0.2) is 8.42 Å². The van der Waals surface area contributed by atoms with Crippen LogP contribution >= 0.6 is 11.6 Å². The molecular formula is C18H18ClN3O3S. The third-order valence-electron chi connectivity index (χ3n) is 4.92. The lowest BCUT2D eigenvalue weighted by molar-refractivity contribution is 0.0865. The van der Waals surface area contributed by atoms with Crippen molar-refractivity contribution in [3.63, 3.8) is 0 Å². The molecule has 0 unspecified atom stereocenters. The zero-order valence-corrected chi connectivity index (χ0v) is 15.5. The van der Waals surface area contributed by atoms with Crippen molar-refractivity contribution in [1.29, 1.82) is 0 Å². The lowest BCUT2D eigenvalue weighted by Crippen LogP contribution is -2.62. The van der Waals surface area contributed by atoms with E-state index in [1.54, 1.807) is 42.5 Å². The Kier molecular flexibility index (Phi) is 4.17. The Bertz CT molecular complexity index is 955. The topological polar surface area (TPSA) is 78.5 Å². The molecule has 1 fully saturated rings. The summed E-state index contributed by atoms with van der Waals surface area (Å²) in [5.74, 6) is -0.233. The van der Waals surface area contributed by atoms with Gasteiger partial charge in [0.15, 0.2) is 0 Å². The van der Waals surface area contributed by atoms with Gasteiger partial charge in [0.05, 0.1) is 21.2 Å². The minimum atomic E-state index is -3.53. The lowest BCUT2D eigenvalue weighted by atomic mass is 9.93. The van der Waals surface area contributed by atoms with E-state index in [1.165, 1.54) is 4.31 Å². The van der Waals surface area contributed by atoms with E-state index in [4.69, 9.17) is 11.6 Å². The van der Waals surface area contributed by atoms with Crippen LogP contribution in [-0.2, 0) is 10.0 Å². The second kappa shape index (κ2) is 6.26. The van der Waals surface area contributed by atoms with Gasteiger partial charge in [-0.15, -0.1) is 0 Å². The van der Waals surface area contributed by atoms with Crippen LogP contribution in [0.4, 0.5) is 5.69 Å². The van der Waals surface area contributed by atoms with Crippen LogP contribution in [0.15, 0.2) is 53.4 Å². The Balaban J connectivity index is 1.55. The molecule has 1 saturated heterocycles. The van der Waals surface area contributed by atoms with Gasteiger partial charge in [0.2, 0.25) is 10.0 Å². The van der Waals surface area contributed by atoms with Crippen molar-refractivity contribution in [3.05, 3.63) is 59.1 Å². The Morgan fingerprint density at radius 3 is 2.35 bits per heavy atom. The molecule has 6 nitrogen and oxygen atoms in total. The molecule has 0 aromatic heterocycles. The molecular weight excluding hydrogens is 374 g/mol. The van der Waals surface area contributed by atoms with Crippen molar-refractivity contribution in [3.8, 4) is 0 Å². The molecule has 0 atom stereocenters. The Hall–Kier alpha value is -2.09. The summed E-state index contributed by atoms with van der Waals surface area (Å²) in [5, 5.41) is 6.74. The zero-order chi connectivity index (χ0) is 18.4. The number of carbonyl (C=O) groups is 1. The molecule has 2 aromatic carbocycles. The number of halogens is 1. The van der Waals surface area contributed by atoms with E-state index in [1.807, 2.05) is 6.07 Å². The number of sulfonamides is 1. The number of benzene rings is 2. The maximum Gasteiger partial charge on any atom is 0.256 e. The van der Waals surface area contributed by atoms with Gasteiger partial charge in [-0.3, -0.25) is 4.79 Å². The zero-order valence-electron chi connectivity index (χ0n) is 13.9. The molecule has 0 radical (unpaired) electrons. The Labute approximate surface area is 157 Å². The first-order valence-corrected chi connectivity index (χ1v) is 10.2. The summed E-state index contributed by atoms with van der Waals surface area (Å²) in [5.41, 5.74) is 0.456. The molecule has 136 valence electrons. The highest BCUT2D eigenvalue weighted by atomic mass is 35.5. The highest BCUT2D eigenvalue weighted by molar-refractivity contribution is 7.89. The molecule has 8 heteroatoms. The summed E-state index contributed by atoms with van der Waals surface area (Å²) in [6.45, 7) is 0.640. The minimum Gasteiger partial charge on any atom is -0.362 e. The number of piperidine rings is 1. The highest BCUT2D eigenvalue weighted by Crippen LogP contribution is 2.35. The molecule has 2 aromatic rings. The smallest absolute Gasteiger partial charge is 0.256 e. The van der Waals surface area contributed by atoms with Crippen molar-refractivity contribution >= 4 is 33.2 Å². The molecule has 26 heavy (non-hydrogen) atoms. The number of hydrogen-bond donors (Lipinski definition) is 2. The molecule has 0 bridgehead atoms. The van der Waals surface area contributed by atoms with Crippen molar-refractivity contribution in [2.24, 2.45) is 0 Å². The number of rotatable bonds is 2. The van der Waals surface area contributed by atoms with E-state index in [9.17, 15) is 13.2 Å². The average Bonchev–Trinajstić information content (AvgIpc) is 2.62. The fraction of sp³-hybridized carbons (Fsp3) is 0.278. The van der Waals surface area contributed by atoms with Gasteiger partial charge in [-0.2, -0.15) is 4.31 Å². The van der Waals surface area contributed by atoms with E-state index < -0.39 is 15.7 Å². The van der Waals surface area contributed by atoms with Crippen molar-refractivity contribution in [1.82, 2.24) is 9.62 Å². The first-order valence-electron chi connectivity index (χ1n) is 8.36. The van der Waals surface area contributed by atoms with Gasteiger partial charge >= 0.3 is 0 Å². The largest absolute Gasteiger partial charge is 0.362 e. The molecule has 4 rings (SSSR count). The van der Waals surface area contributed by atoms with Crippen LogP contribution in [0.2, 0.25) is 5.02 Å². The quantitative estimate of drug-likeness (QED) is 0.825. The van der Waals surface area contributed by atoms with Crippen LogP contribution in [0.3, 0.4) is 0 Å². The first kappa shape index (κ1) is 17.3. The highest BCUT2D eigenvalue weighted by Gasteiger charge is 2.43. The number of carbonyl (C=O) groups excluding carboxylic acids is 1. The lowest BCUT2D eigenvalue weighted by Gasteiger charge is -2.45. The maximum absolute atomic E-state index is 12.8. The van der Waals surface area contributed by atoms with Crippen LogP contribution in [0.25, 0.3) is 0 Å². The molecule has 2 N–H and O–H groups in total. The molecule has 0 aliphatic carbocycles. The summed E-state index contributed by atoms with van der Waals surface area (Å²) in [4.78, 5) is 12.8. The Morgan fingerprint density at radius 2 is 1.65 bits per heavy atom. The molecule has 2 aliphatic rings. The van der Waals surface area contributed by atoms with Crippen LogP contribution < -0.4 is 10.6 Å². The van der Waals surface area contributed by atoms with E-state index in [0.717, 1.165) is 0 Å². The normalized spacial score (nSPS) is 19.5. The summed E-state index contributed by atoms with van der Waals surface area (Å²) < 4.78 is 27.0. The first-order chi connectivity index (χ1) is 12.4. The average molecular weight is 392 g/mol. The van der Waals surface area contributed by atoms with Gasteiger partial charge in [0.25, 0.3) is 5.91 Å². The molecule has 1 spiro atoms. The van der Waals surface area contributed by atoms with Gasteiger partial charge in [-0.1, -0.05) is 35.9 Å². The SMILES string of the molecule is O=C1NC2(CCN(S(=O)(=O)c3ccccc3)CC2)Nc2cccc(Cl)c21. The molecule has 2 heterocycles. The van der Waals surface area contributed by atoms with Gasteiger partial charge < -0.3 is 10.6 Å². The molecule has 0 saturated carbocycles. The monoisotopic (exact) mass is 391 g/mol. The molecule has 1 amide bonds. The minimum absolute atomic E-state index is 0.233. The third kappa shape index (κ3) is 2.86. The molecule has 2 aliphatic heterocycles. The third-order valence-corrected chi connectivity index (χ3v) is 7.15. The predicted molar refractivity (Wildman–Crippen MR) is 99.7 cm³/mol. The van der Waals surface area contributed by atoms with Crippen LogP contribution in [0.1, 0.15) is 23.2 Å². The predicted octanol–water partition coefficient (Wildman–Crippen LogP) is 2.68. The van der Waals surface area contributed by atoms with Gasteiger partial charge in [-0.05, 0) is 24.3 Å². The van der Waals surface area contributed by atoms with E-state index in [2.05, 4.69) is 10.6 Å². The summed E-state index contributed by atoms with van der Waals surface area (Å²) in [6.07, 6.45) is 0.938. The number of nitrogens with zero attached hydrogens (tertiary/aromatic N) is 1. The number of hydrogen-bond acceptors (Lipinski definition) is 4. The fourth-order valence-corrected chi connectivity index (χ4v) is 5.25. The standard InChI is InChI=1S/C18H18ClN3O3S/c19-14-7-4-8-15-16(14)17(23)21-18(20-15)9-11-22(12-10-18)26(24,25)13-5-2-1-3-6-13/h1-8,20H,9-12H2,(H,21,23). The van der Waals surface area contributed by atoms with Crippen LogP contribution in [0.5, 0.6) is 0 Å². The fourth-order valence-electron chi connectivity index (χ4n) is 3.53. The van der Waals surface area contributed by atoms with E-state index in [-0.39, 0.29) is 10.8 Å². The van der Waals surface area contributed by atoms with Crippen LogP contribution in [0, 0.1) is 0 Å². The number of amides is 1. The second-order valence-corrected chi connectivity index (χ2v) is 8.89. The number of nitrogens with one attached hydrogen (secondary N) is 2. The van der Waals surface area contributed by atoms with Crippen molar-refractivity contribution < 1.29 is 13.2 Å².